The van der Waals surface area contributed by atoms with Gasteiger partial charge in [-0.2, -0.15) is 5.10 Å². The standard InChI is InChI=1S/C19H29FN6O/c1-14(27-17-8-6-7-16(20)9-17)10-22-19(21-2)23-12-18(25(3)4)15-11-24-26(5)13-15/h6-9,11,13-14,18H,10,12H2,1-5H3,(H2,21,22,23). The third kappa shape index (κ3) is 6.56. The second kappa shape index (κ2) is 9.91. The maximum absolute atomic E-state index is 13.2. The molecule has 2 N–H and O–H groups in total. The first-order chi connectivity index (χ1) is 12.9. The quantitative estimate of drug-likeness (QED) is 0.543. The van der Waals surface area contributed by atoms with E-state index in [4.69, 9.17) is 4.74 Å². The molecule has 0 bridgehead atoms. The zero-order valence-electron chi connectivity index (χ0n) is 16.6. The minimum atomic E-state index is -0.310. The number of halogens is 1. The van der Waals surface area contributed by atoms with E-state index < -0.39 is 0 Å². The molecule has 0 saturated carbocycles. The second-order valence-electron chi connectivity index (χ2n) is 6.65. The Kier molecular flexibility index (Phi) is 7.60. The zero-order chi connectivity index (χ0) is 19.8. The van der Waals surface area contributed by atoms with E-state index in [0.29, 0.717) is 24.8 Å². The Bertz CT molecular complexity index is 745. The Hall–Kier alpha value is -2.61. The third-order valence-electron chi connectivity index (χ3n) is 4.11. The highest BCUT2D eigenvalue weighted by Gasteiger charge is 2.16. The molecule has 27 heavy (non-hydrogen) atoms. The number of hydrogen-bond donors (Lipinski definition) is 2. The van der Waals surface area contributed by atoms with Crippen molar-refractivity contribution >= 4 is 5.96 Å². The molecule has 2 atom stereocenters. The number of ether oxygens (including phenoxy) is 1. The number of benzene rings is 1. The predicted octanol–water partition coefficient (Wildman–Crippen LogP) is 1.79. The fourth-order valence-corrected chi connectivity index (χ4v) is 2.68. The van der Waals surface area contributed by atoms with Crippen LogP contribution >= 0.6 is 0 Å². The molecule has 2 rings (SSSR count). The normalized spacial score (nSPS) is 14.1. The van der Waals surface area contributed by atoms with Crippen LogP contribution in [0.1, 0.15) is 18.5 Å². The van der Waals surface area contributed by atoms with Gasteiger partial charge in [0.25, 0.3) is 0 Å². The molecule has 0 spiro atoms. The van der Waals surface area contributed by atoms with Gasteiger partial charge in [-0.25, -0.2) is 4.39 Å². The molecule has 1 aromatic heterocycles. The van der Waals surface area contributed by atoms with Crippen LogP contribution in [-0.2, 0) is 7.05 Å². The molecule has 7 nitrogen and oxygen atoms in total. The van der Waals surface area contributed by atoms with E-state index in [2.05, 4.69) is 25.6 Å². The number of likely N-dealkylation sites (N-methyl/N-ethyl adjacent to an activating group) is 1. The maximum atomic E-state index is 13.2. The van der Waals surface area contributed by atoms with Crippen LogP contribution < -0.4 is 15.4 Å². The maximum Gasteiger partial charge on any atom is 0.191 e. The van der Waals surface area contributed by atoms with Gasteiger partial charge < -0.3 is 20.3 Å². The first kappa shape index (κ1) is 20.7. The van der Waals surface area contributed by atoms with Crippen LogP contribution in [0.15, 0.2) is 41.7 Å². The van der Waals surface area contributed by atoms with Gasteiger partial charge in [0, 0.05) is 38.5 Å². The fourth-order valence-electron chi connectivity index (χ4n) is 2.68. The highest BCUT2D eigenvalue weighted by atomic mass is 19.1. The van der Waals surface area contributed by atoms with Crippen LogP contribution in [0, 0.1) is 5.82 Å². The third-order valence-corrected chi connectivity index (χ3v) is 4.11. The van der Waals surface area contributed by atoms with Crippen molar-refractivity contribution in [3.05, 3.63) is 48.0 Å². The summed E-state index contributed by atoms with van der Waals surface area (Å²) in [5.74, 6) is 0.882. The Labute approximate surface area is 160 Å². The monoisotopic (exact) mass is 376 g/mol. The molecule has 2 aromatic rings. The molecule has 148 valence electrons. The van der Waals surface area contributed by atoms with Crippen molar-refractivity contribution in [1.82, 2.24) is 25.3 Å². The molecule has 0 radical (unpaired) electrons. The van der Waals surface area contributed by atoms with Crippen LogP contribution in [0.4, 0.5) is 4.39 Å². The summed E-state index contributed by atoms with van der Waals surface area (Å²) in [4.78, 5) is 6.38. The SMILES string of the molecule is CN=C(NCC(C)Oc1cccc(F)c1)NCC(c1cnn(C)c1)N(C)C. The predicted molar refractivity (Wildman–Crippen MR) is 105 cm³/mol. The van der Waals surface area contributed by atoms with Crippen molar-refractivity contribution < 1.29 is 9.13 Å². The number of nitrogens with zero attached hydrogens (tertiary/aromatic N) is 4. The summed E-state index contributed by atoms with van der Waals surface area (Å²) in [5.41, 5.74) is 1.13. The van der Waals surface area contributed by atoms with Gasteiger partial charge in [-0.15, -0.1) is 0 Å². The topological polar surface area (TPSA) is 66.7 Å². The van der Waals surface area contributed by atoms with Crippen molar-refractivity contribution in [3.8, 4) is 5.75 Å². The number of aryl methyl sites for hydroxylation is 1. The van der Waals surface area contributed by atoms with E-state index in [1.807, 2.05) is 40.5 Å². The molecular formula is C19H29FN6O. The Morgan fingerprint density at radius 3 is 2.67 bits per heavy atom. The molecule has 1 heterocycles. The second-order valence-corrected chi connectivity index (χ2v) is 6.65. The first-order valence-corrected chi connectivity index (χ1v) is 8.90. The van der Waals surface area contributed by atoms with E-state index in [0.717, 1.165) is 5.56 Å². The fraction of sp³-hybridized carbons (Fsp3) is 0.474. The van der Waals surface area contributed by atoms with Crippen LogP contribution in [0.2, 0.25) is 0 Å². The lowest BCUT2D eigenvalue weighted by Gasteiger charge is -2.25. The molecule has 8 heteroatoms. The van der Waals surface area contributed by atoms with Gasteiger partial charge in [0.2, 0.25) is 0 Å². The van der Waals surface area contributed by atoms with Gasteiger partial charge in [0.15, 0.2) is 5.96 Å². The van der Waals surface area contributed by atoms with Crippen LogP contribution in [0.3, 0.4) is 0 Å². The average molecular weight is 376 g/mol. The lowest BCUT2D eigenvalue weighted by Crippen LogP contribution is -2.44. The molecule has 0 saturated heterocycles. The molecule has 0 aliphatic rings. The number of rotatable bonds is 8. The molecule has 2 unspecified atom stereocenters. The van der Waals surface area contributed by atoms with E-state index in [1.165, 1.54) is 12.1 Å². The highest BCUT2D eigenvalue weighted by molar-refractivity contribution is 5.79. The number of guanidine groups is 1. The van der Waals surface area contributed by atoms with Gasteiger partial charge >= 0.3 is 0 Å². The summed E-state index contributed by atoms with van der Waals surface area (Å²) in [7, 11) is 7.70. The highest BCUT2D eigenvalue weighted by Crippen LogP contribution is 2.16. The molecule has 0 fully saturated rings. The minimum absolute atomic E-state index is 0.145. The van der Waals surface area contributed by atoms with E-state index >= 15 is 0 Å². The van der Waals surface area contributed by atoms with Crippen LogP contribution in [0.5, 0.6) is 5.75 Å². The lowest BCUT2D eigenvalue weighted by molar-refractivity contribution is 0.222. The van der Waals surface area contributed by atoms with Gasteiger partial charge in [-0.05, 0) is 33.2 Å². The van der Waals surface area contributed by atoms with Crippen molar-refractivity contribution in [2.75, 3.05) is 34.2 Å². The Balaban J connectivity index is 1.84. The van der Waals surface area contributed by atoms with E-state index in [1.54, 1.807) is 23.9 Å². The zero-order valence-corrected chi connectivity index (χ0v) is 16.6. The summed E-state index contributed by atoms with van der Waals surface area (Å²) in [6.45, 7) is 3.14. The molecule has 0 amide bonds. The smallest absolute Gasteiger partial charge is 0.191 e. The van der Waals surface area contributed by atoms with Crippen molar-refractivity contribution in [1.29, 1.82) is 0 Å². The van der Waals surface area contributed by atoms with Crippen LogP contribution in [-0.4, -0.2) is 61.0 Å². The van der Waals surface area contributed by atoms with Crippen LogP contribution in [0.25, 0.3) is 0 Å². The summed E-state index contributed by atoms with van der Waals surface area (Å²) >= 11 is 0. The van der Waals surface area contributed by atoms with Gasteiger partial charge in [0.05, 0.1) is 18.8 Å². The minimum Gasteiger partial charge on any atom is -0.489 e. The van der Waals surface area contributed by atoms with E-state index in [9.17, 15) is 4.39 Å². The van der Waals surface area contributed by atoms with Gasteiger partial charge in [0.1, 0.15) is 17.7 Å². The molecule has 1 aromatic carbocycles. The first-order valence-electron chi connectivity index (χ1n) is 8.90. The number of nitrogens with one attached hydrogen (secondary N) is 2. The average Bonchev–Trinajstić information content (AvgIpc) is 3.03. The van der Waals surface area contributed by atoms with Gasteiger partial charge in [-0.1, -0.05) is 6.07 Å². The van der Waals surface area contributed by atoms with Crippen molar-refractivity contribution in [3.63, 3.8) is 0 Å². The Morgan fingerprint density at radius 1 is 1.33 bits per heavy atom. The molecule has 0 aliphatic heterocycles. The number of hydrogen-bond acceptors (Lipinski definition) is 4. The largest absolute Gasteiger partial charge is 0.489 e. The van der Waals surface area contributed by atoms with E-state index in [-0.39, 0.29) is 18.0 Å². The Morgan fingerprint density at radius 2 is 2.07 bits per heavy atom. The van der Waals surface area contributed by atoms with Crippen molar-refractivity contribution in [2.45, 2.75) is 19.1 Å². The molecular weight excluding hydrogens is 347 g/mol. The summed E-state index contributed by atoms with van der Waals surface area (Å²) < 4.78 is 20.8. The molecule has 0 aliphatic carbocycles. The number of aliphatic imine (C=N–C) groups is 1. The summed E-state index contributed by atoms with van der Waals surface area (Å²) in [6.07, 6.45) is 3.74. The van der Waals surface area contributed by atoms with Gasteiger partial charge in [-0.3, -0.25) is 9.67 Å². The summed E-state index contributed by atoms with van der Waals surface area (Å²) in [5, 5.41) is 10.8. The van der Waals surface area contributed by atoms with Crippen molar-refractivity contribution in [2.24, 2.45) is 12.0 Å². The lowest BCUT2D eigenvalue weighted by atomic mass is 10.1. The summed E-state index contributed by atoms with van der Waals surface area (Å²) in [6, 6.07) is 6.30. The number of aromatic nitrogens is 2.